The molecule has 0 radical (unpaired) electrons. The lowest BCUT2D eigenvalue weighted by Gasteiger charge is -2.29. The summed E-state index contributed by atoms with van der Waals surface area (Å²) in [5.74, 6) is 0. The average molecular weight is 295 g/mol. The highest BCUT2D eigenvalue weighted by molar-refractivity contribution is 7.55. The zero-order valence-electron chi connectivity index (χ0n) is 10.6. The molecule has 19 heavy (non-hydrogen) atoms. The molecule has 0 spiro atoms. The lowest BCUT2D eigenvalue weighted by atomic mass is 10.1. The molecule has 0 amide bonds. The number of aromatic nitrogens is 1. The zero-order valence-corrected chi connectivity index (χ0v) is 11.5. The van der Waals surface area contributed by atoms with E-state index in [2.05, 4.69) is 14.0 Å². The van der Waals surface area contributed by atoms with Gasteiger partial charge < -0.3 is 14.2 Å². The molecule has 1 atom stereocenters. The summed E-state index contributed by atoms with van der Waals surface area (Å²) in [5.41, 5.74) is -4.15. The second kappa shape index (κ2) is 6.52. The molecule has 1 rings (SSSR count). The second-order valence-electron chi connectivity index (χ2n) is 3.60. The minimum absolute atomic E-state index is 0.111. The molecule has 0 bridgehead atoms. The Labute approximate surface area is 110 Å². The number of rotatable bonds is 7. The van der Waals surface area contributed by atoms with Gasteiger partial charge in [-0.2, -0.15) is 8.78 Å². The van der Waals surface area contributed by atoms with Gasteiger partial charge in [0.2, 0.25) is 0 Å². The predicted molar refractivity (Wildman–Crippen MR) is 65.0 cm³/mol. The van der Waals surface area contributed by atoms with Gasteiger partial charge >= 0.3 is 13.3 Å². The maximum atomic E-state index is 14.1. The van der Waals surface area contributed by atoms with E-state index >= 15 is 0 Å². The average Bonchev–Trinajstić information content (AvgIpc) is 2.39. The summed E-state index contributed by atoms with van der Waals surface area (Å²) in [6.07, 6.45) is 0.210. The lowest BCUT2D eigenvalue weighted by molar-refractivity contribution is -0.0676. The topological polar surface area (TPSA) is 68.7 Å². The summed E-state index contributed by atoms with van der Waals surface area (Å²) in [6.45, 7) is 2.41. The minimum atomic E-state index is -4.75. The quantitative estimate of drug-likeness (QED) is 0.783. The number of alkyl halides is 2. The third-order valence-electron chi connectivity index (χ3n) is 2.31. The molecule has 0 aliphatic carbocycles. The molecule has 0 aliphatic rings. The standard InChI is InChI=1S/C11H16F2NO4P/c1-3-17-19(16,18-4-2)11(12,13)10(15)9-5-7-14-8-6-9/h5-8,10,15H,3-4H2,1-2H3. The number of pyridine rings is 1. The summed E-state index contributed by atoms with van der Waals surface area (Å²) in [6, 6.07) is 2.42. The van der Waals surface area contributed by atoms with Gasteiger partial charge in [-0.1, -0.05) is 0 Å². The van der Waals surface area contributed by atoms with Gasteiger partial charge in [0.15, 0.2) is 6.10 Å². The maximum absolute atomic E-state index is 14.1. The molecule has 1 N–H and O–H groups in total. The summed E-state index contributed by atoms with van der Waals surface area (Å²) < 4.78 is 49.5. The van der Waals surface area contributed by atoms with E-state index in [-0.39, 0.29) is 18.8 Å². The largest absolute Gasteiger partial charge is 0.402 e. The molecule has 5 nitrogen and oxygen atoms in total. The molecule has 1 heterocycles. The van der Waals surface area contributed by atoms with Crippen molar-refractivity contribution in [3.05, 3.63) is 30.1 Å². The molecule has 1 unspecified atom stereocenters. The Balaban J connectivity index is 3.09. The van der Waals surface area contributed by atoms with Crippen LogP contribution in [0.4, 0.5) is 8.78 Å². The first kappa shape index (κ1) is 16.2. The van der Waals surface area contributed by atoms with Crippen LogP contribution < -0.4 is 0 Å². The third kappa shape index (κ3) is 3.36. The first-order chi connectivity index (χ1) is 8.89. The summed E-state index contributed by atoms with van der Waals surface area (Å²) >= 11 is 0. The van der Waals surface area contributed by atoms with Crippen LogP contribution in [0.1, 0.15) is 25.5 Å². The Kier molecular flexibility index (Phi) is 5.55. The number of nitrogens with zero attached hydrogens (tertiary/aromatic N) is 1. The fourth-order valence-corrected chi connectivity index (χ4v) is 2.99. The summed E-state index contributed by atoms with van der Waals surface area (Å²) in [7, 11) is -4.75. The van der Waals surface area contributed by atoms with Crippen LogP contribution in [0.3, 0.4) is 0 Å². The van der Waals surface area contributed by atoms with Crippen LogP contribution in [-0.4, -0.2) is 29.0 Å². The number of aliphatic hydroxyl groups excluding tert-OH is 1. The van der Waals surface area contributed by atoms with Gasteiger partial charge in [0.05, 0.1) is 13.2 Å². The molecule has 0 fully saturated rings. The maximum Gasteiger partial charge on any atom is 0.402 e. The number of hydrogen-bond acceptors (Lipinski definition) is 5. The lowest BCUT2D eigenvalue weighted by Crippen LogP contribution is -2.28. The van der Waals surface area contributed by atoms with Crippen LogP contribution in [0.25, 0.3) is 0 Å². The number of halogens is 2. The molecule has 1 aromatic heterocycles. The third-order valence-corrected chi connectivity index (χ3v) is 4.49. The first-order valence-electron chi connectivity index (χ1n) is 5.74. The monoisotopic (exact) mass is 295 g/mol. The van der Waals surface area contributed by atoms with Gasteiger partial charge in [-0.15, -0.1) is 0 Å². The molecule has 1 aromatic rings. The van der Waals surface area contributed by atoms with Gasteiger partial charge in [-0.05, 0) is 31.5 Å². The Hall–Kier alpha value is -0.880. The van der Waals surface area contributed by atoms with Gasteiger partial charge in [0.1, 0.15) is 0 Å². The zero-order chi connectivity index (χ0) is 14.5. The molecule has 0 saturated heterocycles. The van der Waals surface area contributed by atoms with E-state index in [1.165, 1.54) is 38.4 Å². The normalized spacial score (nSPS) is 14.4. The van der Waals surface area contributed by atoms with Crippen molar-refractivity contribution in [3.63, 3.8) is 0 Å². The van der Waals surface area contributed by atoms with Crippen molar-refractivity contribution in [1.82, 2.24) is 4.98 Å². The van der Waals surface area contributed by atoms with Crippen molar-refractivity contribution in [2.24, 2.45) is 0 Å². The van der Waals surface area contributed by atoms with E-state index in [4.69, 9.17) is 0 Å². The Morgan fingerprint density at radius 3 is 2.21 bits per heavy atom. The molecule has 0 saturated carbocycles. The molecule has 0 aliphatic heterocycles. The molecule has 8 heteroatoms. The number of hydrogen-bond donors (Lipinski definition) is 1. The molecular formula is C11H16F2NO4P. The van der Waals surface area contributed by atoms with E-state index in [0.29, 0.717) is 0 Å². The Bertz CT molecular complexity index is 434. The van der Waals surface area contributed by atoms with Crippen LogP contribution in [-0.2, 0) is 13.6 Å². The SMILES string of the molecule is CCOP(=O)(OCC)C(F)(F)C(O)c1ccncc1. The van der Waals surface area contributed by atoms with E-state index in [0.717, 1.165) is 0 Å². The van der Waals surface area contributed by atoms with Crippen molar-refractivity contribution in [2.75, 3.05) is 13.2 Å². The van der Waals surface area contributed by atoms with Crippen molar-refractivity contribution < 1.29 is 27.5 Å². The number of aliphatic hydroxyl groups is 1. The van der Waals surface area contributed by atoms with Crippen LogP contribution in [0.15, 0.2) is 24.5 Å². The fraction of sp³-hybridized carbons (Fsp3) is 0.545. The Morgan fingerprint density at radius 2 is 1.79 bits per heavy atom. The second-order valence-corrected chi connectivity index (χ2v) is 5.71. The van der Waals surface area contributed by atoms with Gasteiger partial charge in [0, 0.05) is 12.4 Å². The molecule has 108 valence electrons. The summed E-state index contributed by atoms with van der Waals surface area (Å²) in [5, 5.41) is 9.73. The van der Waals surface area contributed by atoms with Crippen LogP contribution in [0.5, 0.6) is 0 Å². The summed E-state index contributed by atoms with van der Waals surface area (Å²) in [4.78, 5) is 3.66. The first-order valence-corrected chi connectivity index (χ1v) is 7.28. The van der Waals surface area contributed by atoms with Gasteiger partial charge in [0.25, 0.3) is 0 Å². The smallest absolute Gasteiger partial charge is 0.381 e. The Morgan fingerprint density at radius 1 is 1.32 bits per heavy atom. The molecule has 0 aromatic carbocycles. The van der Waals surface area contributed by atoms with E-state index in [1.807, 2.05) is 0 Å². The van der Waals surface area contributed by atoms with E-state index in [1.54, 1.807) is 0 Å². The molecular weight excluding hydrogens is 279 g/mol. The van der Waals surface area contributed by atoms with E-state index < -0.39 is 19.4 Å². The van der Waals surface area contributed by atoms with Crippen LogP contribution in [0.2, 0.25) is 0 Å². The highest BCUT2D eigenvalue weighted by atomic mass is 31.2. The predicted octanol–water partition coefficient (Wildman–Crippen LogP) is 2.97. The van der Waals surface area contributed by atoms with Crippen LogP contribution in [0, 0.1) is 0 Å². The fourth-order valence-electron chi connectivity index (χ4n) is 1.45. The van der Waals surface area contributed by atoms with Crippen molar-refractivity contribution in [2.45, 2.75) is 25.6 Å². The van der Waals surface area contributed by atoms with Crippen LogP contribution >= 0.6 is 7.60 Å². The minimum Gasteiger partial charge on any atom is -0.381 e. The van der Waals surface area contributed by atoms with E-state index in [9.17, 15) is 18.5 Å². The van der Waals surface area contributed by atoms with Crippen molar-refractivity contribution >= 4 is 7.60 Å². The highest BCUT2D eigenvalue weighted by Crippen LogP contribution is 2.65. The van der Waals surface area contributed by atoms with Crippen molar-refractivity contribution in [3.8, 4) is 0 Å². The van der Waals surface area contributed by atoms with Crippen molar-refractivity contribution in [1.29, 1.82) is 0 Å². The highest BCUT2D eigenvalue weighted by Gasteiger charge is 2.59. The van der Waals surface area contributed by atoms with Gasteiger partial charge in [-0.3, -0.25) is 9.55 Å². The van der Waals surface area contributed by atoms with Gasteiger partial charge in [-0.25, -0.2) is 0 Å².